The molecule has 1 aliphatic rings. The van der Waals surface area contributed by atoms with Crippen LogP contribution in [0.2, 0.25) is 0 Å². The molecule has 2 rings (SSSR count). The van der Waals surface area contributed by atoms with Crippen molar-refractivity contribution in [3.05, 3.63) is 28.5 Å². The zero-order valence-electron chi connectivity index (χ0n) is 9.94. The summed E-state index contributed by atoms with van der Waals surface area (Å²) in [4.78, 5) is 4.38. The number of nitrogens with zero attached hydrogens (tertiary/aromatic N) is 1. The van der Waals surface area contributed by atoms with Crippen LogP contribution >= 0.6 is 27.7 Å². The van der Waals surface area contributed by atoms with E-state index in [4.69, 9.17) is 5.73 Å². The van der Waals surface area contributed by atoms with Gasteiger partial charge in [-0.05, 0) is 64.7 Å². The highest BCUT2D eigenvalue weighted by molar-refractivity contribution is 9.10. The molecule has 17 heavy (non-hydrogen) atoms. The Hall–Kier alpha value is -0.0600. The fourth-order valence-corrected chi connectivity index (χ4v) is 3.73. The van der Waals surface area contributed by atoms with Gasteiger partial charge in [0.1, 0.15) is 0 Å². The summed E-state index contributed by atoms with van der Waals surface area (Å²) >= 11 is 5.47. The van der Waals surface area contributed by atoms with Crippen molar-refractivity contribution in [3.8, 4) is 0 Å². The Balaban J connectivity index is 1.79. The number of pyridine rings is 1. The largest absolute Gasteiger partial charge is 0.327 e. The van der Waals surface area contributed by atoms with E-state index >= 15 is 0 Å². The van der Waals surface area contributed by atoms with Crippen LogP contribution in [0, 0.1) is 5.92 Å². The van der Waals surface area contributed by atoms with E-state index in [2.05, 4.69) is 38.7 Å². The second kappa shape index (κ2) is 6.76. The third-order valence-electron chi connectivity index (χ3n) is 3.24. The van der Waals surface area contributed by atoms with E-state index in [9.17, 15) is 0 Å². The summed E-state index contributed by atoms with van der Waals surface area (Å²) in [6.45, 7) is 0. The van der Waals surface area contributed by atoms with Crippen molar-refractivity contribution in [3.63, 3.8) is 0 Å². The highest BCUT2D eigenvalue weighted by Crippen LogP contribution is 2.26. The predicted octanol–water partition coefficient (Wildman–Crippen LogP) is 3.25. The van der Waals surface area contributed by atoms with Gasteiger partial charge in [0.15, 0.2) is 0 Å². The maximum absolute atomic E-state index is 6.22. The number of thioether (sulfide) groups is 1. The molecular formula is C13H19BrN2S. The van der Waals surface area contributed by atoms with Crippen molar-refractivity contribution >= 4 is 27.7 Å². The molecule has 1 unspecified atom stereocenters. The van der Waals surface area contributed by atoms with Gasteiger partial charge < -0.3 is 5.73 Å². The van der Waals surface area contributed by atoms with Gasteiger partial charge in [0.2, 0.25) is 0 Å². The third-order valence-corrected chi connectivity index (χ3v) is 4.75. The van der Waals surface area contributed by atoms with Crippen molar-refractivity contribution in [2.24, 2.45) is 11.7 Å². The minimum atomic E-state index is 0.261. The van der Waals surface area contributed by atoms with Crippen molar-refractivity contribution in [2.75, 3.05) is 11.5 Å². The maximum Gasteiger partial charge on any atom is 0.0419 e. The average Bonchev–Trinajstić information content (AvgIpc) is 2.33. The lowest BCUT2D eigenvalue weighted by Crippen LogP contribution is -2.28. The number of aromatic nitrogens is 1. The SMILES string of the molecule is NC(Cc1ccc(Br)cn1)CC1CCSCC1. The topological polar surface area (TPSA) is 38.9 Å². The molecule has 1 atom stereocenters. The monoisotopic (exact) mass is 314 g/mol. The van der Waals surface area contributed by atoms with Gasteiger partial charge in [-0.2, -0.15) is 11.8 Å². The van der Waals surface area contributed by atoms with Crippen LogP contribution in [0.25, 0.3) is 0 Å². The average molecular weight is 315 g/mol. The Morgan fingerprint density at radius 1 is 1.41 bits per heavy atom. The normalized spacial score (nSPS) is 19.2. The van der Waals surface area contributed by atoms with Gasteiger partial charge in [-0.25, -0.2) is 0 Å². The Kier molecular flexibility index (Phi) is 5.32. The molecule has 0 spiro atoms. The molecule has 94 valence electrons. The first-order valence-corrected chi connectivity index (χ1v) is 8.12. The highest BCUT2D eigenvalue weighted by atomic mass is 79.9. The van der Waals surface area contributed by atoms with E-state index in [1.807, 2.05) is 12.3 Å². The standard InChI is InChI=1S/C13H19BrN2S/c14-11-1-2-13(16-9-11)8-12(15)7-10-3-5-17-6-4-10/h1-2,9-10,12H,3-8,15H2. The summed E-state index contributed by atoms with van der Waals surface area (Å²) in [5, 5.41) is 0. The van der Waals surface area contributed by atoms with Gasteiger partial charge in [0.25, 0.3) is 0 Å². The molecule has 1 fully saturated rings. The molecule has 2 nitrogen and oxygen atoms in total. The lowest BCUT2D eigenvalue weighted by atomic mass is 9.92. The van der Waals surface area contributed by atoms with E-state index < -0.39 is 0 Å². The summed E-state index contributed by atoms with van der Waals surface area (Å²) in [5.41, 5.74) is 7.32. The molecule has 0 saturated carbocycles. The molecule has 0 radical (unpaired) electrons. The van der Waals surface area contributed by atoms with Gasteiger partial charge in [-0.15, -0.1) is 0 Å². The van der Waals surface area contributed by atoms with Crippen molar-refractivity contribution in [2.45, 2.75) is 31.7 Å². The highest BCUT2D eigenvalue weighted by Gasteiger charge is 2.17. The number of hydrogen-bond acceptors (Lipinski definition) is 3. The van der Waals surface area contributed by atoms with Gasteiger partial charge in [-0.3, -0.25) is 4.98 Å². The molecule has 2 heterocycles. The number of rotatable bonds is 4. The van der Waals surface area contributed by atoms with E-state index in [1.165, 1.54) is 24.3 Å². The Labute approximate surface area is 116 Å². The zero-order valence-corrected chi connectivity index (χ0v) is 12.3. The second-order valence-electron chi connectivity index (χ2n) is 4.72. The minimum absolute atomic E-state index is 0.261. The van der Waals surface area contributed by atoms with Gasteiger partial charge in [0, 0.05) is 28.8 Å². The molecule has 1 aromatic rings. The summed E-state index contributed by atoms with van der Waals surface area (Å²) in [5.74, 6) is 3.46. The fraction of sp³-hybridized carbons (Fsp3) is 0.615. The molecule has 0 aromatic carbocycles. The van der Waals surface area contributed by atoms with Crippen LogP contribution in [0.15, 0.2) is 22.8 Å². The molecule has 1 aliphatic heterocycles. The smallest absolute Gasteiger partial charge is 0.0419 e. The Bertz CT molecular complexity index is 336. The first-order valence-electron chi connectivity index (χ1n) is 6.18. The van der Waals surface area contributed by atoms with Gasteiger partial charge >= 0.3 is 0 Å². The van der Waals surface area contributed by atoms with Crippen LogP contribution in [0.4, 0.5) is 0 Å². The lowest BCUT2D eigenvalue weighted by molar-refractivity contribution is 0.404. The van der Waals surface area contributed by atoms with Crippen LogP contribution < -0.4 is 5.73 Å². The van der Waals surface area contributed by atoms with Crippen molar-refractivity contribution in [1.82, 2.24) is 4.98 Å². The lowest BCUT2D eigenvalue weighted by Gasteiger charge is -2.24. The predicted molar refractivity (Wildman–Crippen MR) is 78.3 cm³/mol. The summed E-state index contributed by atoms with van der Waals surface area (Å²) in [7, 11) is 0. The van der Waals surface area contributed by atoms with Crippen LogP contribution in [-0.4, -0.2) is 22.5 Å². The van der Waals surface area contributed by atoms with Crippen molar-refractivity contribution < 1.29 is 0 Å². The Morgan fingerprint density at radius 2 is 2.18 bits per heavy atom. The molecular weight excluding hydrogens is 296 g/mol. The zero-order chi connectivity index (χ0) is 12.1. The molecule has 1 saturated heterocycles. The van der Waals surface area contributed by atoms with Crippen LogP contribution in [-0.2, 0) is 6.42 Å². The fourth-order valence-electron chi connectivity index (χ4n) is 2.29. The molecule has 1 aromatic heterocycles. The van der Waals surface area contributed by atoms with Gasteiger partial charge in [-0.1, -0.05) is 0 Å². The summed E-state index contributed by atoms with van der Waals surface area (Å²) in [6, 6.07) is 4.35. The molecule has 0 aliphatic carbocycles. The van der Waals surface area contributed by atoms with E-state index in [-0.39, 0.29) is 6.04 Å². The summed E-state index contributed by atoms with van der Waals surface area (Å²) in [6.07, 6.45) is 6.58. The van der Waals surface area contributed by atoms with Crippen molar-refractivity contribution in [1.29, 1.82) is 0 Å². The summed E-state index contributed by atoms with van der Waals surface area (Å²) < 4.78 is 1.03. The Morgan fingerprint density at radius 3 is 2.82 bits per heavy atom. The van der Waals surface area contributed by atoms with E-state index in [1.54, 1.807) is 0 Å². The third kappa shape index (κ3) is 4.60. The molecule has 0 bridgehead atoms. The number of halogens is 1. The van der Waals surface area contributed by atoms with E-state index in [0.717, 1.165) is 28.9 Å². The van der Waals surface area contributed by atoms with Gasteiger partial charge in [0.05, 0.1) is 0 Å². The molecule has 4 heteroatoms. The van der Waals surface area contributed by atoms with Crippen LogP contribution in [0.3, 0.4) is 0 Å². The maximum atomic E-state index is 6.22. The molecule has 2 N–H and O–H groups in total. The molecule has 0 amide bonds. The van der Waals surface area contributed by atoms with E-state index in [0.29, 0.717) is 0 Å². The number of nitrogens with two attached hydrogens (primary N) is 1. The number of hydrogen-bond donors (Lipinski definition) is 1. The first kappa shape index (κ1) is 13.4. The van der Waals surface area contributed by atoms with Crippen LogP contribution in [0.5, 0.6) is 0 Å². The van der Waals surface area contributed by atoms with Crippen LogP contribution in [0.1, 0.15) is 25.0 Å². The minimum Gasteiger partial charge on any atom is -0.327 e. The second-order valence-corrected chi connectivity index (χ2v) is 6.86. The quantitative estimate of drug-likeness (QED) is 0.927. The first-order chi connectivity index (χ1) is 8.24.